The monoisotopic (exact) mass is 705 g/mol. The summed E-state index contributed by atoms with van der Waals surface area (Å²) in [5, 5.41) is 3.82. The van der Waals surface area contributed by atoms with E-state index in [1.165, 1.54) is 37.3 Å². The number of hydrogen-bond donors (Lipinski definition) is 1. The van der Waals surface area contributed by atoms with E-state index in [1.807, 2.05) is 6.92 Å². The molecule has 0 saturated heterocycles. The van der Waals surface area contributed by atoms with Crippen molar-refractivity contribution in [3.8, 4) is 17.2 Å². The van der Waals surface area contributed by atoms with Gasteiger partial charge in [-0.25, -0.2) is 8.42 Å². The zero-order valence-electron chi connectivity index (χ0n) is 27.0. The molecule has 0 bridgehead atoms. The number of nitrogens with zero attached hydrogens (tertiary/aromatic N) is 2. The maximum absolute atomic E-state index is 14.3. The van der Waals surface area contributed by atoms with Gasteiger partial charge in [0.25, 0.3) is 10.0 Å². The first kappa shape index (κ1) is 36.2. The molecule has 3 aromatic rings. The number of benzene rings is 3. The number of hydrogen-bond acceptors (Lipinski definition) is 7. The highest BCUT2D eigenvalue weighted by molar-refractivity contribution is 7.92. The summed E-state index contributed by atoms with van der Waals surface area (Å²) in [6, 6.07) is 14.6. The number of carbonyl (C=O) groups excluding carboxylic acids is 2. The third-order valence-corrected chi connectivity index (χ3v) is 10.5. The van der Waals surface area contributed by atoms with E-state index in [2.05, 4.69) is 5.32 Å². The van der Waals surface area contributed by atoms with Crippen LogP contribution in [-0.4, -0.2) is 64.6 Å². The van der Waals surface area contributed by atoms with Crippen LogP contribution < -0.4 is 23.8 Å². The van der Waals surface area contributed by atoms with Gasteiger partial charge in [0.2, 0.25) is 11.8 Å². The second-order valence-electron chi connectivity index (χ2n) is 11.2. The number of amides is 2. The van der Waals surface area contributed by atoms with Crippen molar-refractivity contribution in [2.24, 2.45) is 0 Å². The van der Waals surface area contributed by atoms with E-state index in [4.69, 9.17) is 37.4 Å². The predicted molar refractivity (Wildman–Crippen MR) is 183 cm³/mol. The van der Waals surface area contributed by atoms with Gasteiger partial charge in [-0.05, 0) is 80.8 Å². The molecule has 0 heterocycles. The lowest BCUT2D eigenvalue weighted by molar-refractivity contribution is -0.139. The molecule has 10 nitrogen and oxygen atoms in total. The molecule has 47 heavy (non-hydrogen) atoms. The number of sulfonamides is 1. The highest BCUT2D eigenvalue weighted by Crippen LogP contribution is 2.33. The van der Waals surface area contributed by atoms with Gasteiger partial charge in [0, 0.05) is 28.7 Å². The Kier molecular flexibility index (Phi) is 12.6. The van der Waals surface area contributed by atoms with E-state index >= 15 is 0 Å². The van der Waals surface area contributed by atoms with E-state index in [0.717, 1.165) is 36.4 Å². The van der Waals surface area contributed by atoms with Crippen LogP contribution in [0.4, 0.5) is 5.69 Å². The molecule has 0 aromatic heterocycles. The highest BCUT2D eigenvalue weighted by Gasteiger charge is 2.34. The van der Waals surface area contributed by atoms with Gasteiger partial charge in [-0.1, -0.05) is 48.5 Å². The molecule has 1 atom stereocenters. The van der Waals surface area contributed by atoms with Crippen LogP contribution in [0.15, 0.2) is 65.6 Å². The fourth-order valence-corrected chi connectivity index (χ4v) is 7.39. The maximum Gasteiger partial charge on any atom is 0.264 e. The summed E-state index contributed by atoms with van der Waals surface area (Å²) in [4.78, 5) is 29.1. The summed E-state index contributed by atoms with van der Waals surface area (Å²) in [5.74, 6) is 0.154. The molecule has 0 aliphatic heterocycles. The molecular weight excluding hydrogens is 665 g/mol. The molecule has 1 saturated carbocycles. The normalized spacial score (nSPS) is 14.2. The molecule has 0 radical (unpaired) electrons. The smallest absolute Gasteiger partial charge is 0.264 e. The topological polar surface area (TPSA) is 114 Å². The van der Waals surface area contributed by atoms with Gasteiger partial charge in [0.1, 0.15) is 18.3 Å². The average Bonchev–Trinajstić information content (AvgIpc) is 3.07. The van der Waals surface area contributed by atoms with Crippen LogP contribution in [0.5, 0.6) is 17.2 Å². The number of methoxy groups -OCH3 is 2. The first-order valence-corrected chi connectivity index (χ1v) is 17.7. The molecule has 0 unspecified atom stereocenters. The third kappa shape index (κ3) is 9.03. The summed E-state index contributed by atoms with van der Waals surface area (Å²) in [6.07, 6.45) is 4.90. The zero-order valence-corrected chi connectivity index (χ0v) is 29.3. The van der Waals surface area contributed by atoms with Crippen molar-refractivity contribution in [2.75, 3.05) is 31.7 Å². The molecule has 1 N–H and O–H groups in total. The SMILES string of the molecule is CCOc1ccc(N(CC(=O)N(Cc2ccc(Cl)cc2Cl)[C@H](C)C(=O)NC2CCCCC2)S(=O)(=O)c2ccc(OC)c(OC)c2)cc1. The Morgan fingerprint density at radius 1 is 0.936 bits per heavy atom. The minimum absolute atomic E-state index is 0.0144. The summed E-state index contributed by atoms with van der Waals surface area (Å²) < 4.78 is 45.8. The Bertz CT molecular complexity index is 1650. The quantitative estimate of drug-likeness (QED) is 0.204. The zero-order chi connectivity index (χ0) is 34.1. The summed E-state index contributed by atoms with van der Waals surface area (Å²) in [5.41, 5.74) is 0.775. The number of nitrogens with one attached hydrogen (secondary N) is 1. The molecule has 254 valence electrons. The van der Waals surface area contributed by atoms with Gasteiger partial charge >= 0.3 is 0 Å². The summed E-state index contributed by atoms with van der Waals surface area (Å²) in [7, 11) is -1.50. The first-order chi connectivity index (χ1) is 22.5. The van der Waals surface area contributed by atoms with Gasteiger partial charge in [-0.15, -0.1) is 0 Å². The number of halogens is 2. The Morgan fingerprint density at radius 2 is 1.62 bits per heavy atom. The van der Waals surface area contributed by atoms with Crippen molar-refractivity contribution in [2.45, 2.75) is 69.5 Å². The predicted octanol–water partition coefficient (Wildman–Crippen LogP) is 6.47. The molecule has 2 amide bonds. The highest BCUT2D eigenvalue weighted by atomic mass is 35.5. The van der Waals surface area contributed by atoms with Crippen LogP contribution in [0.25, 0.3) is 0 Å². The third-order valence-electron chi connectivity index (χ3n) is 8.13. The molecule has 1 fully saturated rings. The average molecular weight is 707 g/mol. The van der Waals surface area contributed by atoms with Gasteiger partial charge < -0.3 is 24.4 Å². The van der Waals surface area contributed by atoms with Crippen molar-refractivity contribution in [1.82, 2.24) is 10.2 Å². The van der Waals surface area contributed by atoms with E-state index < -0.39 is 28.5 Å². The van der Waals surface area contributed by atoms with Gasteiger partial charge in [-0.2, -0.15) is 0 Å². The Morgan fingerprint density at radius 3 is 2.23 bits per heavy atom. The Labute approximate surface area is 286 Å². The van der Waals surface area contributed by atoms with E-state index in [-0.39, 0.29) is 34.8 Å². The molecule has 1 aliphatic carbocycles. The fourth-order valence-electron chi connectivity index (χ4n) is 5.49. The number of rotatable bonds is 14. The fraction of sp³-hybridized carbons (Fsp3) is 0.412. The van der Waals surface area contributed by atoms with Crippen molar-refractivity contribution in [3.63, 3.8) is 0 Å². The van der Waals surface area contributed by atoms with E-state index in [9.17, 15) is 18.0 Å². The van der Waals surface area contributed by atoms with E-state index in [0.29, 0.717) is 33.7 Å². The van der Waals surface area contributed by atoms with Gasteiger partial charge in [0.15, 0.2) is 11.5 Å². The van der Waals surface area contributed by atoms with Gasteiger partial charge in [-0.3, -0.25) is 13.9 Å². The number of carbonyl (C=O) groups is 2. The van der Waals surface area contributed by atoms with Crippen LogP contribution >= 0.6 is 23.2 Å². The van der Waals surface area contributed by atoms with Crippen molar-refractivity contribution < 1.29 is 32.2 Å². The van der Waals surface area contributed by atoms with Gasteiger partial charge in [0.05, 0.1) is 31.4 Å². The van der Waals surface area contributed by atoms with Crippen LogP contribution in [0.2, 0.25) is 10.0 Å². The molecular formula is C34H41Cl2N3O7S. The van der Waals surface area contributed by atoms with E-state index in [1.54, 1.807) is 49.4 Å². The lowest BCUT2D eigenvalue weighted by atomic mass is 9.95. The number of ether oxygens (including phenoxy) is 3. The summed E-state index contributed by atoms with van der Waals surface area (Å²) >= 11 is 12.6. The molecule has 1 aliphatic rings. The maximum atomic E-state index is 14.3. The second kappa shape index (κ2) is 16.4. The largest absolute Gasteiger partial charge is 0.494 e. The molecule has 0 spiro atoms. The van der Waals surface area contributed by atoms with Crippen molar-refractivity contribution in [1.29, 1.82) is 0 Å². The van der Waals surface area contributed by atoms with Crippen LogP contribution in [0, 0.1) is 0 Å². The van der Waals surface area contributed by atoms with Crippen LogP contribution in [0.3, 0.4) is 0 Å². The lowest BCUT2D eigenvalue weighted by Gasteiger charge is -2.33. The molecule has 13 heteroatoms. The Balaban J connectivity index is 1.73. The van der Waals surface area contributed by atoms with Crippen LogP contribution in [-0.2, 0) is 26.2 Å². The molecule has 3 aromatic carbocycles. The minimum atomic E-state index is -4.36. The lowest BCUT2D eigenvalue weighted by Crippen LogP contribution is -2.53. The first-order valence-electron chi connectivity index (χ1n) is 15.5. The van der Waals surface area contributed by atoms with Crippen molar-refractivity contribution >= 4 is 50.7 Å². The Hall–Kier alpha value is -3.67. The van der Waals surface area contributed by atoms with Crippen molar-refractivity contribution in [3.05, 3.63) is 76.3 Å². The second-order valence-corrected chi connectivity index (χ2v) is 13.9. The number of anilines is 1. The summed E-state index contributed by atoms with van der Waals surface area (Å²) in [6.45, 7) is 3.23. The standard InChI is InChI=1S/C34H41Cl2N3O7S/c1-5-46-28-15-13-27(14-16-28)39(47(42,43)29-17-18-31(44-3)32(20-29)45-4)22-33(40)38(21-24-11-12-25(35)19-30(24)36)23(2)34(41)37-26-9-7-6-8-10-26/h11-20,23,26H,5-10,21-22H2,1-4H3,(H,37,41)/t23-/m1/s1. The van der Waals surface area contributed by atoms with Crippen LogP contribution in [0.1, 0.15) is 51.5 Å². The molecule has 4 rings (SSSR count). The minimum Gasteiger partial charge on any atom is -0.494 e.